The maximum absolute atomic E-state index is 13.8. The molecule has 1 fully saturated rings. The standard InChI is InChI=1S/C24H22F4N8O/c1-14-11-32-17-10-20(35-7-5-34(6-8-35)19-9-16(25)12-31-15(19)2)23(37)36(22(17)33-14)13-18-21(24(26,27)28)30-4-3-29-18/h3-4,9-12H,5-8,13H2,1-2H3. The Morgan fingerprint density at radius 3 is 2.27 bits per heavy atom. The van der Waals surface area contributed by atoms with E-state index >= 15 is 0 Å². The summed E-state index contributed by atoms with van der Waals surface area (Å²) in [5.41, 5.74) is 0.637. The average Bonchev–Trinajstić information content (AvgIpc) is 2.87. The van der Waals surface area contributed by atoms with E-state index in [9.17, 15) is 22.4 Å². The fraction of sp³-hybridized carbons (Fsp3) is 0.333. The van der Waals surface area contributed by atoms with Crippen molar-refractivity contribution in [2.75, 3.05) is 36.0 Å². The summed E-state index contributed by atoms with van der Waals surface area (Å²) in [4.78, 5) is 37.6. The normalized spacial score (nSPS) is 14.4. The molecule has 4 aromatic heterocycles. The smallest absolute Gasteiger partial charge is 0.366 e. The van der Waals surface area contributed by atoms with Gasteiger partial charge in [0.2, 0.25) is 0 Å². The van der Waals surface area contributed by atoms with Crippen LogP contribution in [0.1, 0.15) is 22.8 Å². The monoisotopic (exact) mass is 514 g/mol. The quantitative estimate of drug-likeness (QED) is 0.384. The van der Waals surface area contributed by atoms with Crippen LogP contribution in [-0.2, 0) is 12.7 Å². The fourth-order valence-electron chi connectivity index (χ4n) is 4.45. The first-order valence-electron chi connectivity index (χ1n) is 11.5. The van der Waals surface area contributed by atoms with Crippen molar-refractivity contribution in [3.05, 3.63) is 75.9 Å². The number of pyridine rings is 2. The number of hydrogen-bond acceptors (Lipinski definition) is 8. The Bertz CT molecular complexity index is 1530. The lowest BCUT2D eigenvalue weighted by atomic mass is 10.2. The molecule has 1 saturated heterocycles. The van der Waals surface area contributed by atoms with E-state index in [1.807, 2.05) is 9.80 Å². The highest BCUT2D eigenvalue weighted by molar-refractivity contribution is 5.75. The number of hydrogen-bond donors (Lipinski definition) is 0. The molecule has 0 unspecified atom stereocenters. The molecule has 1 aliphatic rings. The van der Waals surface area contributed by atoms with Crippen LogP contribution in [0.15, 0.2) is 41.7 Å². The Labute approximate surface area is 208 Å². The second-order valence-electron chi connectivity index (χ2n) is 8.72. The molecule has 192 valence electrons. The molecule has 0 bridgehead atoms. The fourth-order valence-corrected chi connectivity index (χ4v) is 4.45. The summed E-state index contributed by atoms with van der Waals surface area (Å²) in [7, 11) is 0. The summed E-state index contributed by atoms with van der Waals surface area (Å²) in [6, 6.07) is 3.03. The number of alkyl halides is 3. The van der Waals surface area contributed by atoms with Crippen molar-refractivity contribution >= 4 is 22.5 Å². The maximum atomic E-state index is 13.8. The van der Waals surface area contributed by atoms with Crippen molar-refractivity contribution in [2.24, 2.45) is 0 Å². The van der Waals surface area contributed by atoms with Crippen molar-refractivity contribution in [3.8, 4) is 0 Å². The highest BCUT2D eigenvalue weighted by atomic mass is 19.4. The highest BCUT2D eigenvalue weighted by Crippen LogP contribution is 2.30. The zero-order chi connectivity index (χ0) is 26.3. The molecule has 37 heavy (non-hydrogen) atoms. The number of piperazine rings is 1. The molecule has 13 heteroatoms. The molecule has 0 saturated carbocycles. The number of aryl methyl sites for hydroxylation is 2. The Morgan fingerprint density at radius 1 is 0.892 bits per heavy atom. The van der Waals surface area contributed by atoms with Gasteiger partial charge < -0.3 is 9.80 Å². The van der Waals surface area contributed by atoms with Gasteiger partial charge in [0.05, 0.1) is 35.5 Å². The second-order valence-corrected chi connectivity index (χ2v) is 8.72. The van der Waals surface area contributed by atoms with Crippen LogP contribution in [0.3, 0.4) is 0 Å². The SMILES string of the molecule is Cc1cnc2cc(N3CCN(c4cc(F)cnc4C)CC3)c(=O)n(Cc3nccnc3C(F)(F)F)c2n1. The van der Waals surface area contributed by atoms with Gasteiger partial charge in [-0.1, -0.05) is 0 Å². The molecule has 4 aromatic rings. The number of anilines is 2. The van der Waals surface area contributed by atoms with E-state index in [1.165, 1.54) is 12.3 Å². The van der Waals surface area contributed by atoms with Gasteiger partial charge >= 0.3 is 6.18 Å². The van der Waals surface area contributed by atoms with Crippen LogP contribution in [-0.4, -0.2) is 55.7 Å². The van der Waals surface area contributed by atoms with Gasteiger partial charge in [-0.2, -0.15) is 13.2 Å². The Morgan fingerprint density at radius 2 is 1.57 bits per heavy atom. The molecule has 0 amide bonds. The van der Waals surface area contributed by atoms with E-state index in [0.717, 1.165) is 23.2 Å². The number of nitrogens with zero attached hydrogens (tertiary/aromatic N) is 8. The van der Waals surface area contributed by atoms with Gasteiger partial charge in [-0.05, 0) is 19.9 Å². The number of aromatic nitrogens is 6. The maximum Gasteiger partial charge on any atom is 0.435 e. The zero-order valence-corrected chi connectivity index (χ0v) is 20.0. The van der Waals surface area contributed by atoms with Gasteiger partial charge in [0.25, 0.3) is 5.56 Å². The molecule has 5 rings (SSSR count). The van der Waals surface area contributed by atoms with Crippen LogP contribution in [0, 0.1) is 19.7 Å². The predicted octanol–water partition coefficient (Wildman–Crippen LogP) is 3.13. The molecule has 0 spiro atoms. The average molecular weight is 514 g/mol. The van der Waals surface area contributed by atoms with E-state index < -0.39 is 35.5 Å². The van der Waals surface area contributed by atoms with Crippen molar-refractivity contribution in [2.45, 2.75) is 26.6 Å². The Kier molecular flexibility index (Phi) is 6.21. The molecule has 0 aromatic carbocycles. The molecule has 1 aliphatic heterocycles. The predicted molar refractivity (Wildman–Crippen MR) is 128 cm³/mol. The van der Waals surface area contributed by atoms with Crippen LogP contribution in [0.5, 0.6) is 0 Å². The summed E-state index contributed by atoms with van der Waals surface area (Å²) >= 11 is 0. The third-order valence-electron chi connectivity index (χ3n) is 6.23. The Balaban J connectivity index is 1.52. The Hall–Kier alpha value is -4.16. The summed E-state index contributed by atoms with van der Waals surface area (Å²) in [5.74, 6) is -0.434. The first-order valence-corrected chi connectivity index (χ1v) is 11.5. The third kappa shape index (κ3) is 4.80. The number of rotatable bonds is 4. The van der Waals surface area contributed by atoms with Gasteiger partial charge in [-0.3, -0.25) is 24.3 Å². The topological polar surface area (TPSA) is 92.9 Å². The van der Waals surface area contributed by atoms with Gasteiger partial charge in [-0.25, -0.2) is 14.4 Å². The minimum Gasteiger partial charge on any atom is -0.366 e. The van der Waals surface area contributed by atoms with Crippen molar-refractivity contribution in [3.63, 3.8) is 0 Å². The summed E-state index contributed by atoms with van der Waals surface area (Å²) in [6.45, 7) is 4.84. The zero-order valence-electron chi connectivity index (χ0n) is 20.0. The minimum atomic E-state index is -4.73. The van der Waals surface area contributed by atoms with E-state index in [1.54, 1.807) is 19.9 Å². The summed E-state index contributed by atoms with van der Waals surface area (Å²) in [5, 5.41) is 0. The van der Waals surface area contributed by atoms with Gasteiger partial charge in [0.1, 0.15) is 17.0 Å². The molecule has 5 heterocycles. The van der Waals surface area contributed by atoms with Gasteiger partial charge in [0.15, 0.2) is 11.3 Å². The molecule has 9 nitrogen and oxygen atoms in total. The van der Waals surface area contributed by atoms with Gasteiger partial charge in [-0.15, -0.1) is 0 Å². The molecule has 0 atom stereocenters. The van der Waals surface area contributed by atoms with Gasteiger partial charge in [0, 0.05) is 50.8 Å². The lowest BCUT2D eigenvalue weighted by molar-refractivity contribution is -0.142. The molecule has 0 aliphatic carbocycles. The van der Waals surface area contributed by atoms with Crippen molar-refractivity contribution in [1.82, 2.24) is 29.5 Å². The van der Waals surface area contributed by atoms with E-state index in [0.29, 0.717) is 48.8 Å². The summed E-state index contributed by atoms with van der Waals surface area (Å²) in [6.07, 6.45) is 0.0746. The third-order valence-corrected chi connectivity index (χ3v) is 6.23. The first-order chi connectivity index (χ1) is 17.6. The highest BCUT2D eigenvalue weighted by Gasteiger charge is 2.36. The molecule has 0 radical (unpaired) electrons. The van der Waals surface area contributed by atoms with E-state index in [2.05, 4.69) is 24.9 Å². The first kappa shape index (κ1) is 24.5. The van der Waals surface area contributed by atoms with E-state index in [4.69, 9.17) is 0 Å². The number of fused-ring (bicyclic) bond motifs is 1. The molecular weight excluding hydrogens is 492 g/mol. The van der Waals surface area contributed by atoms with Crippen LogP contribution in [0.4, 0.5) is 28.9 Å². The number of halogens is 4. The van der Waals surface area contributed by atoms with Crippen LogP contribution >= 0.6 is 0 Å². The largest absolute Gasteiger partial charge is 0.435 e. The lowest BCUT2D eigenvalue weighted by Gasteiger charge is -2.37. The molecule has 0 N–H and O–H groups in total. The molecular formula is C24H22F4N8O. The van der Waals surface area contributed by atoms with Crippen LogP contribution in [0.2, 0.25) is 0 Å². The van der Waals surface area contributed by atoms with E-state index in [-0.39, 0.29) is 11.3 Å². The minimum absolute atomic E-state index is 0.160. The summed E-state index contributed by atoms with van der Waals surface area (Å²) < 4.78 is 55.6. The van der Waals surface area contributed by atoms with Crippen molar-refractivity contribution < 1.29 is 17.6 Å². The lowest BCUT2D eigenvalue weighted by Crippen LogP contribution is -2.48. The van der Waals surface area contributed by atoms with Crippen LogP contribution in [0.25, 0.3) is 11.2 Å². The second kappa shape index (κ2) is 9.37. The van der Waals surface area contributed by atoms with Crippen LogP contribution < -0.4 is 15.4 Å². The van der Waals surface area contributed by atoms with Crippen molar-refractivity contribution in [1.29, 1.82) is 0 Å².